The second-order valence-electron chi connectivity index (χ2n) is 7.42. The Labute approximate surface area is 165 Å². The van der Waals surface area contributed by atoms with E-state index in [0.717, 1.165) is 31.5 Å². The fourth-order valence-electron chi connectivity index (χ4n) is 3.45. The van der Waals surface area contributed by atoms with Crippen molar-refractivity contribution in [1.29, 1.82) is 0 Å². The topological polar surface area (TPSA) is 92.5 Å². The number of carbonyl (C=O) groups is 1. The molecule has 1 aromatic carbocycles. The maximum Gasteiger partial charge on any atom is 0.273 e. The number of nitrogens with one attached hydrogen (secondary N) is 1. The van der Waals surface area contributed by atoms with E-state index >= 15 is 0 Å². The van der Waals surface area contributed by atoms with Gasteiger partial charge in [0.1, 0.15) is 0 Å². The predicted octanol–water partition coefficient (Wildman–Crippen LogP) is 2.36. The van der Waals surface area contributed by atoms with E-state index in [-0.39, 0.29) is 23.7 Å². The number of amides is 1. The van der Waals surface area contributed by atoms with Crippen LogP contribution in [0.15, 0.2) is 24.4 Å². The van der Waals surface area contributed by atoms with Gasteiger partial charge in [0.25, 0.3) is 5.91 Å². The zero-order valence-electron chi connectivity index (χ0n) is 16.8. The van der Waals surface area contributed by atoms with E-state index in [1.54, 1.807) is 16.9 Å². The maximum atomic E-state index is 12.0. The number of para-hydroxylation sites is 1. The van der Waals surface area contributed by atoms with Crippen LogP contribution in [0.2, 0.25) is 0 Å². The zero-order chi connectivity index (χ0) is 20.1. The lowest BCUT2D eigenvalue weighted by Crippen LogP contribution is -2.34. The minimum absolute atomic E-state index is 0.0681. The number of hydrogen-bond donors (Lipinski definition) is 2. The van der Waals surface area contributed by atoms with Crippen molar-refractivity contribution in [2.45, 2.75) is 52.2 Å². The second-order valence-corrected chi connectivity index (χ2v) is 7.42. The van der Waals surface area contributed by atoms with Crippen molar-refractivity contribution >= 4 is 5.91 Å². The lowest BCUT2D eigenvalue weighted by molar-refractivity contribution is 0.0938. The molecule has 8 nitrogen and oxygen atoms in total. The SMILES string of the molecule is CCOc1cccc(CN2CCC(n3cc(C(=O)NC(C)C)nn3)CC2)c1O. The number of carbonyl (C=O) groups excluding carboxylic acids is 1. The molecular weight excluding hydrogens is 358 g/mol. The minimum atomic E-state index is -0.191. The number of phenols is 1. The molecule has 0 spiro atoms. The van der Waals surface area contributed by atoms with Gasteiger partial charge in [-0.25, -0.2) is 4.68 Å². The molecular formula is C20H29N5O3. The van der Waals surface area contributed by atoms with Crippen LogP contribution in [0.5, 0.6) is 11.5 Å². The summed E-state index contributed by atoms with van der Waals surface area (Å²) in [5.74, 6) is 0.566. The number of likely N-dealkylation sites (tertiary alicyclic amines) is 1. The largest absolute Gasteiger partial charge is 0.504 e. The molecule has 1 amide bonds. The first-order valence-electron chi connectivity index (χ1n) is 9.86. The molecule has 1 aromatic heterocycles. The van der Waals surface area contributed by atoms with Crippen molar-refractivity contribution in [2.24, 2.45) is 0 Å². The van der Waals surface area contributed by atoms with Gasteiger partial charge in [0.05, 0.1) is 18.8 Å². The number of aromatic nitrogens is 3. The van der Waals surface area contributed by atoms with Crippen LogP contribution in [0.1, 0.15) is 55.7 Å². The van der Waals surface area contributed by atoms with Gasteiger partial charge in [-0.05, 0) is 39.7 Å². The standard InChI is InChI=1S/C20H29N5O3/c1-4-28-18-7-5-6-15(19(18)26)12-24-10-8-16(9-11-24)25-13-17(22-23-25)20(27)21-14(2)3/h5-7,13-14,16,26H,4,8-12H2,1-3H3,(H,21,27). The highest BCUT2D eigenvalue weighted by atomic mass is 16.5. The number of benzene rings is 1. The van der Waals surface area contributed by atoms with Gasteiger partial charge in [0, 0.05) is 31.2 Å². The molecule has 2 heterocycles. The number of ether oxygens (including phenoxy) is 1. The summed E-state index contributed by atoms with van der Waals surface area (Å²) in [5.41, 5.74) is 1.23. The van der Waals surface area contributed by atoms with Crippen LogP contribution in [0.25, 0.3) is 0 Å². The summed E-state index contributed by atoms with van der Waals surface area (Å²) in [6.07, 6.45) is 3.57. The Hall–Kier alpha value is -2.61. The summed E-state index contributed by atoms with van der Waals surface area (Å²) >= 11 is 0. The van der Waals surface area contributed by atoms with Gasteiger partial charge in [-0.1, -0.05) is 17.3 Å². The molecule has 1 saturated heterocycles. The lowest BCUT2D eigenvalue weighted by atomic mass is 10.0. The molecule has 1 aliphatic rings. The number of phenolic OH excluding ortho intramolecular Hbond substituents is 1. The molecule has 1 fully saturated rings. The van der Waals surface area contributed by atoms with Gasteiger partial charge in [-0.15, -0.1) is 5.10 Å². The third kappa shape index (κ3) is 4.81. The maximum absolute atomic E-state index is 12.0. The van der Waals surface area contributed by atoms with Gasteiger partial charge < -0.3 is 15.2 Å². The van der Waals surface area contributed by atoms with E-state index in [1.165, 1.54) is 0 Å². The number of nitrogens with zero attached hydrogens (tertiary/aromatic N) is 4. The van der Waals surface area contributed by atoms with E-state index in [0.29, 0.717) is 24.6 Å². The van der Waals surface area contributed by atoms with Crippen molar-refractivity contribution in [3.05, 3.63) is 35.7 Å². The van der Waals surface area contributed by atoms with Gasteiger partial charge in [0.15, 0.2) is 17.2 Å². The van der Waals surface area contributed by atoms with Gasteiger partial charge >= 0.3 is 0 Å². The molecule has 3 rings (SSSR count). The number of hydrogen-bond acceptors (Lipinski definition) is 6. The van der Waals surface area contributed by atoms with Crippen LogP contribution >= 0.6 is 0 Å². The number of piperidine rings is 1. The van der Waals surface area contributed by atoms with Crippen LogP contribution in [0, 0.1) is 0 Å². The zero-order valence-corrected chi connectivity index (χ0v) is 16.8. The Morgan fingerprint density at radius 2 is 2.11 bits per heavy atom. The third-order valence-corrected chi connectivity index (χ3v) is 4.87. The predicted molar refractivity (Wildman–Crippen MR) is 105 cm³/mol. The summed E-state index contributed by atoms with van der Waals surface area (Å²) in [4.78, 5) is 14.4. The van der Waals surface area contributed by atoms with Gasteiger partial charge in [-0.2, -0.15) is 0 Å². The van der Waals surface area contributed by atoms with E-state index < -0.39 is 0 Å². The summed E-state index contributed by atoms with van der Waals surface area (Å²) in [7, 11) is 0. The molecule has 2 aromatic rings. The molecule has 0 unspecified atom stereocenters. The Balaban J connectivity index is 1.56. The molecule has 28 heavy (non-hydrogen) atoms. The van der Waals surface area contributed by atoms with Gasteiger partial charge in [-0.3, -0.25) is 9.69 Å². The quantitative estimate of drug-likeness (QED) is 0.758. The fourth-order valence-corrected chi connectivity index (χ4v) is 3.45. The Bertz CT molecular complexity index is 797. The first kappa shape index (κ1) is 20.1. The molecule has 152 valence electrons. The number of rotatable bonds is 7. The van der Waals surface area contributed by atoms with Crippen LogP contribution in [0.4, 0.5) is 0 Å². The average molecular weight is 387 g/mol. The summed E-state index contributed by atoms with van der Waals surface area (Å²) in [6.45, 7) is 8.71. The van der Waals surface area contributed by atoms with E-state index in [9.17, 15) is 9.90 Å². The summed E-state index contributed by atoms with van der Waals surface area (Å²) in [5, 5.41) is 21.4. The first-order valence-corrected chi connectivity index (χ1v) is 9.86. The molecule has 0 aliphatic carbocycles. The second kappa shape index (κ2) is 9.05. The Morgan fingerprint density at radius 3 is 2.79 bits per heavy atom. The van der Waals surface area contributed by atoms with Crippen molar-refractivity contribution in [2.75, 3.05) is 19.7 Å². The van der Waals surface area contributed by atoms with Crippen molar-refractivity contribution < 1.29 is 14.6 Å². The fraction of sp³-hybridized carbons (Fsp3) is 0.550. The smallest absolute Gasteiger partial charge is 0.273 e. The van der Waals surface area contributed by atoms with Crippen molar-refractivity contribution in [1.82, 2.24) is 25.2 Å². The molecule has 0 saturated carbocycles. The van der Waals surface area contributed by atoms with E-state index in [4.69, 9.17) is 4.74 Å². The molecule has 1 aliphatic heterocycles. The van der Waals surface area contributed by atoms with Crippen LogP contribution in [0.3, 0.4) is 0 Å². The molecule has 0 bridgehead atoms. The van der Waals surface area contributed by atoms with Crippen LogP contribution in [-0.2, 0) is 6.54 Å². The highest BCUT2D eigenvalue weighted by molar-refractivity contribution is 5.91. The first-order chi connectivity index (χ1) is 13.5. The molecule has 8 heteroatoms. The van der Waals surface area contributed by atoms with Crippen molar-refractivity contribution in [3.63, 3.8) is 0 Å². The number of aromatic hydroxyl groups is 1. The summed E-state index contributed by atoms with van der Waals surface area (Å²) in [6, 6.07) is 5.92. The summed E-state index contributed by atoms with van der Waals surface area (Å²) < 4.78 is 7.27. The van der Waals surface area contributed by atoms with E-state index in [1.807, 2.05) is 32.9 Å². The highest BCUT2D eigenvalue weighted by Gasteiger charge is 2.23. The van der Waals surface area contributed by atoms with E-state index in [2.05, 4.69) is 20.5 Å². The Kier molecular flexibility index (Phi) is 6.51. The monoisotopic (exact) mass is 387 g/mol. The van der Waals surface area contributed by atoms with Gasteiger partial charge in [0.2, 0.25) is 0 Å². The molecule has 0 atom stereocenters. The lowest BCUT2D eigenvalue weighted by Gasteiger charge is -2.32. The minimum Gasteiger partial charge on any atom is -0.504 e. The molecule has 2 N–H and O–H groups in total. The third-order valence-electron chi connectivity index (χ3n) is 4.87. The average Bonchev–Trinajstić information content (AvgIpc) is 3.16. The Morgan fingerprint density at radius 1 is 1.36 bits per heavy atom. The normalized spacial score (nSPS) is 15.7. The molecule has 0 radical (unpaired) electrons. The van der Waals surface area contributed by atoms with Crippen LogP contribution in [-0.4, -0.2) is 56.6 Å². The van der Waals surface area contributed by atoms with Crippen molar-refractivity contribution in [3.8, 4) is 11.5 Å². The van der Waals surface area contributed by atoms with Crippen LogP contribution < -0.4 is 10.1 Å². The highest BCUT2D eigenvalue weighted by Crippen LogP contribution is 2.32.